The molecule has 3 nitrogen and oxygen atoms in total. The second kappa shape index (κ2) is 7.17. The first-order valence-electron chi connectivity index (χ1n) is 7.11. The molecule has 19 heavy (non-hydrogen) atoms. The lowest BCUT2D eigenvalue weighted by Gasteiger charge is -2.25. The highest BCUT2D eigenvalue weighted by Crippen LogP contribution is 2.17. The Hall–Kier alpha value is -1.51. The molecule has 0 radical (unpaired) electrons. The predicted molar refractivity (Wildman–Crippen MR) is 81.8 cm³/mol. The third-order valence-electron chi connectivity index (χ3n) is 3.64. The van der Waals surface area contributed by atoms with Gasteiger partial charge < -0.3 is 10.2 Å². The van der Waals surface area contributed by atoms with Crippen LogP contribution in [-0.4, -0.2) is 30.9 Å². The van der Waals surface area contributed by atoms with Crippen LogP contribution in [0.3, 0.4) is 0 Å². The maximum atomic E-state index is 12.6. The van der Waals surface area contributed by atoms with Gasteiger partial charge in [0.25, 0.3) is 5.91 Å². The van der Waals surface area contributed by atoms with Crippen LogP contribution in [0, 0.1) is 12.8 Å². The Labute approximate surface area is 117 Å². The van der Waals surface area contributed by atoms with Gasteiger partial charge >= 0.3 is 0 Å². The summed E-state index contributed by atoms with van der Waals surface area (Å²) in [6, 6.07) is 5.89. The summed E-state index contributed by atoms with van der Waals surface area (Å²) in [6.07, 6.45) is 1.10. The fourth-order valence-corrected chi connectivity index (χ4v) is 2.09. The van der Waals surface area contributed by atoms with Crippen LogP contribution in [0.5, 0.6) is 0 Å². The Kier molecular flexibility index (Phi) is 5.87. The van der Waals surface area contributed by atoms with E-state index in [1.807, 2.05) is 44.0 Å². The average molecular weight is 262 g/mol. The molecule has 106 valence electrons. The lowest BCUT2D eigenvalue weighted by Crippen LogP contribution is -2.34. The van der Waals surface area contributed by atoms with Crippen LogP contribution in [0.15, 0.2) is 18.2 Å². The highest BCUT2D eigenvalue weighted by Gasteiger charge is 2.17. The van der Waals surface area contributed by atoms with E-state index in [1.54, 1.807) is 0 Å². The van der Waals surface area contributed by atoms with Crippen molar-refractivity contribution in [2.45, 2.75) is 34.1 Å². The number of nitrogens with zero attached hydrogens (tertiary/aromatic N) is 1. The number of benzene rings is 1. The minimum absolute atomic E-state index is 0.142. The lowest BCUT2D eigenvalue weighted by molar-refractivity contribution is 0.0740. The zero-order valence-corrected chi connectivity index (χ0v) is 12.8. The largest absolute Gasteiger partial charge is 0.388 e. The van der Waals surface area contributed by atoms with Gasteiger partial charge in [0.05, 0.1) is 0 Å². The average Bonchev–Trinajstić information content (AvgIpc) is 2.43. The van der Waals surface area contributed by atoms with Crippen molar-refractivity contribution < 1.29 is 4.79 Å². The van der Waals surface area contributed by atoms with E-state index in [-0.39, 0.29) is 5.91 Å². The van der Waals surface area contributed by atoms with Crippen LogP contribution in [-0.2, 0) is 0 Å². The van der Waals surface area contributed by atoms with Gasteiger partial charge in [0, 0.05) is 31.4 Å². The standard InChI is InChI=1S/C16H26N2O/c1-6-12(3)11-18(7-2)16(19)15-9-8-14(17-5)10-13(15)4/h8-10,12,17H,6-7,11H2,1-5H3. The second-order valence-electron chi connectivity index (χ2n) is 5.14. The molecule has 0 saturated carbocycles. The molecule has 0 aliphatic heterocycles. The Balaban J connectivity index is 2.91. The van der Waals surface area contributed by atoms with Gasteiger partial charge in [0.2, 0.25) is 0 Å². The van der Waals surface area contributed by atoms with Gasteiger partial charge in [-0.3, -0.25) is 4.79 Å². The summed E-state index contributed by atoms with van der Waals surface area (Å²) in [5.41, 5.74) is 2.88. The summed E-state index contributed by atoms with van der Waals surface area (Å²) in [5, 5.41) is 3.09. The fourth-order valence-electron chi connectivity index (χ4n) is 2.09. The molecule has 0 aliphatic carbocycles. The number of rotatable bonds is 6. The molecule has 1 atom stereocenters. The summed E-state index contributed by atoms with van der Waals surface area (Å²) in [6.45, 7) is 9.97. The van der Waals surface area contributed by atoms with Gasteiger partial charge in [0.1, 0.15) is 0 Å². The predicted octanol–water partition coefficient (Wildman–Crippen LogP) is 3.54. The van der Waals surface area contributed by atoms with Crippen molar-refractivity contribution in [2.24, 2.45) is 5.92 Å². The zero-order chi connectivity index (χ0) is 14.4. The van der Waals surface area contributed by atoms with E-state index in [2.05, 4.69) is 19.2 Å². The van der Waals surface area contributed by atoms with Crippen molar-refractivity contribution in [3.8, 4) is 0 Å². The van der Waals surface area contributed by atoms with E-state index in [4.69, 9.17) is 0 Å². The van der Waals surface area contributed by atoms with Gasteiger partial charge in [-0.25, -0.2) is 0 Å². The number of carbonyl (C=O) groups is 1. The van der Waals surface area contributed by atoms with E-state index in [9.17, 15) is 4.79 Å². The number of hydrogen-bond donors (Lipinski definition) is 1. The highest BCUT2D eigenvalue weighted by atomic mass is 16.2. The smallest absolute Gasteiger partial charge is 0.254 e. The molecule has 0 spiro atoms. The number of aryl methyl sites for hydroxylation is 1. The SMILES string of the molecule is CCC(C)CN(CC)C(=O)c1ccc(NC)cc1C. The van der Waals surface area contributed by atoms with Crippen molar-refractivity contribution in [2.75, 3.05) is 25.5 Å². The van der Waals surface area contributed by atoms with Crippen molar-refractivity contribution in [3.05, 3.63) is 29.3 Å². The Morgan fingerprint density at radius 2 is 2.05 bits per heavy atom. The fraction of sp³-hybridized carbons (Fsp3) is 0.562. The number of anilines is 1. The molecule has 1 aromatic carbocycles. The Morgan fingerprint density at radius 1 is 1.37 bits per heavy atom. The van der Waals surface area contributed by atoms with E-state index < -0.39 is 0 Å². The molecule has 1 unspecified atom stereocenters. The van der Waals surface area contributed by atoms with Crippen LogP contribution in [0.25, 0.3) is 0 Å². The van der Waals surface area contributed by atoms with Crippen molar-refractivity contribution in [1.82, 2.24) is 4.90 Å². The van der Waals surface area contributed by atoms with E-state index in [0.29, 0.717) is 5.92 Å². The molecule has 1 rings (SSSR count). The minimum Gasteiger partial charge on any atom is -0.388 e. The van der Waals surface area contributed by atoms with Gasteiger partial charge in [-0.05, 0) is 43.5 Å². The number of hydrogen-bond acceptors (Lipinski definition) is 2. The van der Waals surface area contributed by atoms with Crippen molar-refractivity contribution in [1.29, 1.82) is 0 Å². The molecular formula is C16H26N2O. The lowest BCUT2D eigenvalue weighted by atomic mass is 10.0. The third-order valence-corrected chi connectivity index (χ3v) is 3.64. The molecule has 0 fully saturated rings. The van der Waals surface area contributed by atoms with Crippen LogP contribution in [0.2, 0.25) is 0 Å². The monoisotopic (exact) mass is 262 g/mol. The molecule has 1 N–H and O–H groups in total. The zero-order valence-electron chi connectivity index (χ0n) is 12.8. The summed E-state index contributed by atoms with van der Waals surface area (Å²) in [4.78, 5) is 14.5. The third kappa shape index (κ3) is 3.98. The molecule has 0 heterocycles. The van der Waals surface area contributed by atoms with E-state index in [1.165, 1.54) is 0 Å². The normalized spacial score (nSPS) is 12.1. The van der Waals surface area contributed by atoms with Crippen LogP contribution in [0.4, 0.5) is 5.69 Å². The first-order valence-corrected chi connectivity index (χ1v) is 7.11. The summed E-state index contributed by atoms with van der Waals surface area (Å²) in [5.74, 6) is 0.684. The van der Waals surface area contributed by atoms with Gasteiger partial charge in [-0.2, -0.15) is 0 Å². The second-order valence-corrected chi connectivity index (χ2v) is 5.14. The topological polar surface area (TPSA) is 32.3 Å². The summed E-state index contributed by atoms with van der Waals surface area (Å²) in [7, 11) is 1.89. The molecule has 0 aromatic heterocycles. The van der Waals surface area contributed by atoms with Crippen molar-refractivity contribution in [3.63, 3.8) is 0 Å². The summed E-state index contributed by atoms with van der Waals surface area (Å²) < 4.78 is 0. The van der Waals surface area contributed by atoms with Gasteiger partial charge in [-0.15, -0.1) is 0 Å². The van der Waals surface area contributed by atoms with Gasteiger partial charge in [-0.1, -0.05) is 20.3 Å². The minimum atomic E-state index is 0.142. The van der Waals surface area contributed by atoms with E-state index in [0.717, 1.165) is 36.3 Å². The first-order chi connectivity index (χ1) is 9.03. The Morgan fingerprint density at radius 3 is 2.53 bits per heavy atom. The summed E-state index contributed by atoms with van der Waals surface area (Å²) >= 11 is 0. The van der Waals surface area contributed by atoms with Gasteiger partial charge in [0.15, 0.2) is 0 Å². The van der Waals surface area contributed by atoms with Crippen molar-refractivity contribution >= 4 is 11.6 Å². The molecule has 0 aliphatic rings. The molecular weight excluding hydrogens is 236 g/mol. The Bertz CT molecular complexity index is 429. The number of carbonyl (C=O) groups excluding carboxylic acids is 1. The molecule has 3 heteroatoms. The van der Waals surface area contributed by atoms with Crippen LogP contribution >= 0.6 is 0 Å². The van der Waals surface area contributed by atoms with E-state index >= 15 is 0 Å². The maximum absolute atomic E-state index is 12.6. The maximum Gasteiger partial charge on any atom is 0.254 e. The quantitative estimate of drug-likeness (QED) is 0.850. The molecule has 1 aromatic rings. The number of amides is 1. The van der Waals surface area contributed by atoms with Crippen LogP contribution in [0.1, 0.15) is 43.1 Å². The first kappa shape index (κ1) is 15.5. The molecule has 1 amide bonds. The molecule has 0 bridgehead atoms. The highest BCUT2D eigenvalue weighted by molar-refractivity contribution is 5.96. The van der Waals surface area contributed by atoms with Crippen LogP contribution < -0.4 is 5.32 Å². The molecule has 0 saturated heterocycles. The number of nitrogens with one attached hydrogen (secondary N) is 1.